The van der Waals surface area contributed by atoms with Crippen LogP contribution in [0.25, 0.3) is 0 Å². The summed E-state index contributed by atoms with van der Waals surface area (Å²) < 4.78 is 30.7. The Bertz CT molecular complexity index is 1170. The Morgan fingerprint density at radius 2 is 1.69 bits per heavy atom. The molecule has 3 rings (SSSR count). The van der Waals surface area contributed by atoms with Crippen molar-refractivity contribution in [2.75, 3.05) is 30.2 Å². The van der Waals surface area contributed by atoms with Crippen LogP contribution in [-0.2, 0) is 20.7 Å². The molecule has 1 amide bonds. The summed E-state index contributed by atoms with van der Waals surface area (Å²) >= 11 is 11.6. The van der Waals surface area contributed by atoms with Crippen LogP contribution in [0.1, 0.15) is 29.8 Å². The van der Waals surface area contributed by atoms with Gasteiger partial charge < -0.3 is 19.3 Å². The van der Waals surface area contributed by atoms with Crippen molar-refractivity contribution in [2.24, 2.45) is 0 Å². The molecule has 1 unspecified atom stereocenters. The smallest absolute Gasteiger partial charge is 0.393 e. The van der Waals surface area contributed by atoms with Crippen LogP contribution in [0.3, 0.4) is 0 Å². The molecule has 0 aliphatic carbocycles. The summed E-state index contributed by atoms with van der Waals surface area (Å²) in [5, 5.41) is 5.67. The van der Waals surface area contributed by atoms with Crippen LogP contribution in [0.2, 0.25) is 0 Å². The molecule has 13 heteroatoms. The number of amides is 1. The number of hydrogen-bond acceptors (Lipinski definition) is 7. The van der Waals surface area contributed by atoms with Gasteiger partial charge in [-0.25, -0.2) is 14.3 Å². The zero-order valence-electron chi connectivity index (χ0n) is 19.0. The molecule has 1 aliphatic rings. The van der Waals surface area contributed by atoms with E-state index < -0.39 is 25.5 Å². The number of carbonyl (C=O) groups is 3. The fourth-order valence-electron chi connectivity index (χ4n) is 3.29. The predicted molar refractivity (Wildman–Crippen MR) is 132 cm³/mol. The van der Waals surface area contributed by atoms with E-state index in [2.05, 4.69) is 10.4 Å². The van der Waals surface area contributed by atoms with Gasteiger partial charge in [-0.3, -0.25) is 14.4 Å². The highest BCUT2D eigenvalue weighted by atomic mass is 35.5. The molecule has 2 aromatic rings. The summed E-state index contributed by atoms with van der Waals surface area (Å²) in [5.74, 6) is -0.805. The van der Waals surface area contributed by atoms with Crippen molar-refractivity contribution in [3.8, 4) is 17.2 Å². The highest BCUT2D eigenvalue weighted by Crippen LogP contribution is 2.51. The number of hydrogen-bond donors (Lipinski definition) is 2. The maximum atomic E-state index is 13.3. The Labute approximate surface area is 212 Å². The minimum atomic E-state index is -3.36. The van der Waals surface area contributed by atoms with Gasteiger partial charge >= 0.3 is 19.6 Å². The lowest BCUT2D eigenvalue weighted by Gasteiger charge is -2.34. The van der Waals surface area contributed by atoms with Gasteiger partial charge in [-0.1, -0.05) is 0 Å². The number of fused-ring (bicyclic) bond motifs is 1. The van der Waals surface area contributed by atoms with E-state index in [0.717, 1.165) is 0 Å². The summed E-state index contributed by atoms with van der Waals surface area (Å²) in [4.78, 5) is 35.5. The van der Waals surface area contributed by atoms with E-state index in [1.807, 2.05) is 0 Å². The van der Waals surface area contributed by atoms with E-state index in [-0.39, 0.29) is 35.4 Å². The molecule has 188 valence electrons. The third-order valence-corrected chi connectivity index (χ3v) is 7.27. The molecule has 2 aromatic carbocycles. The van der Waals surface area contributed by atoms with Crippen molar-refractivity contribution in [2.45, 2.75) is 20.4 Å². The highest BCUT2D eigenvalue weighted by molar-refractivity contribution is 7.54. The van der Waals surface area contributed by atoms with Crippen molar-refractivity contribution in [3.05, 3.63) is 47.5 Å². The Hall–Kier alpha value is -2.62. The number of nitrogens with zero attached hydrogens (tertiary/aromatic N) is 1. The summed E-state index contributed by atoms with van der Waals surface area (Å²) in [5.41, 5.74) is 1.33. The zero-order chi connectivity index (χ0) is 25.6. The number of ether oxygens (including phenoxy) is 2. The first-order chi connectivity index (χ1) is 16.6. The molecule has 1 atom stereocenters. The molecule has 0 saturated carbocycles. The van der Waals surface area contributed by atoms with Gasteiger partial charge in [-0.2, -0.15) is 0 Å². The topological polar surface area (TPSA) is 123 Å². The van der Waals surface area contributed by atoms with E-state index >= 15 is 0 Å². The largest absolute Gasteiger partial charge is 0.423 e. The molecule has 0 fully saturated rings. The molecule has 0 saturated heterocycles. The van der Waals surface area contributed by atoms with Crippen LogP contribution in [0.5, 0.6) is 17.2 Å². The quantitative estimate of drug-likeness (QED) is 0.207. The molecule has 1 aliphatic heterocycles. The molecule has 10 nitrogen and oxygen atoms in total. The number of anilines is 1. The Kier molecular flexibility index (Phi) is 9.15. The van der Waals surface area contributed by atoms with Crippen LogP contribution in [0, 0.1) is 0 Å². The summed E-state index contributed by atoms with van der Waals surface area (Å²) in [6.07, 6.45) is 0. The first-order valence-electron chi connectivity index (χ1n) is 10.5. The molecule has 0 aromatic heterocycles. The Morgan fingerprint density at radius 1 is 1.03 bits per heavy atom. The number of alkyl halides is 2. The molecule has 1 heterocycles. The minimum Gasteiger partial charge on any atom is -0.423 e. The Balaban J connectivity index is 1.77. The highest BCUT2D eigenvalue weighted by Gasteiger charge is 2.36. The van der Waals surface area contributed by atoms with Gasteiger partial charge in [0, 0.05) is 62.1 Å². The molecule has 2 N–H and O–H groups in total. The van der Waals surface area contributed by atoms with Gasteiger partial charge in [0.1, 0.15) is 5.75 Å². The zero-order valence-corrected chi connectivity index (χ0v) is 21.4. The third-order valence-electron chi connectivity index (χ3n) is 4.78. The fraction of sp³-hybridized carbons (Fsp3) is 0.318. The lowest BCUT2D eigenvalue weighted by Crippen LogP contribution is -2.35. The van der Waals surface area contributed by atoms with Crippen molar-refractivity contribution in [3.63, 3.8) is 0 Å². The lowest BCUT2D eigenvalue weighted by atomic mass is 10.1. The van der Waals surface area contributed by atoms with Gasteiger partial charge in [0.2, 0.25) is 0 Å². The van der Waals surface area contributed by atoms with Crippen molar-refractivity contribution >= 4 is 54.4 Å². The summed E-state index contributed by atoms with van der Waals surface area (Å²) in [6.45, 7) is 3.32. The second-order valence-electron chi connectivity index (χ2n) is 7.40. The number of halogens is 2. The normalized spacial score (nSPS) is 16.7. The molecular weight excluding hydrogens is 520 g/mol. The molecule has 35 heavy (non-hydrogen) atoms. The molecule has 0 radical (unpaired) electrons. The fourth-order valence-corrected chi connectivity index (χ4v) is 5.85. The van der Waals surface area contributed by atoms with Gasteiger partial charge in [-0.05, 0) is 36.4 Å². The Morgan fingerprint density at radius 3 is 2.31 bits per heavy atom. The van der Waals surface area contributed by atoms with Gasteiger partial charge in [-0.15, -0.1) is 23.2 Å². The molecule has 0 spiro atoms. The second-order valence-corrected chi connectivity index (χ2v) is 10.3. The van der Waals surface area contributed by atoms with Crippen LogP contribution >= 0.6 is 30.9 Å². The average molecular weight is 544 g/mol. The van der Waals surface area contributed by atoms with Crippen molar-refractivity contribution in [1.82, 2.24) is 9.76 Å². The van der Waals surface area contributed by atoms with E-state index in [1.54, 1.807) is 22.9 Å². The number of rotatable bonds is 9. The van der Waals surface area contributed by atoms with E-state index in [9.17, 15) is 18.9 Å². The van der Waals surface area contributed by atoms with Crippen molar-refractivity contribution < 1.29 is 32.9 Å². The molecular formula is C22H24Cl2N3O7P. The van der Waals surface area contributed by atoms with Crippen LogP contribution in [0.15, 0.2) is 36.4 Å². The number of nitrogens with one attached hydrogen (secondary N) is 2. The van der Waals surface area contributed by atoms with Crippen LogP contribution < -0.4 is 24.4 Å². The summed E-state index contributed by atoms with van der Waals surface area (Å²) in [7, 11) is -3.36. The number of benzene rings is 2. The lowest BCUT2D eigenvalue weighted by molar-refractivity contribution is -0.134. The number of carbonyl (C=O) groups excluding carboxylic acids is 3. The first-order valence-corrected chi connectivity index (χ1v) is 13.2. The number of esters is 2. The standard InChI is InChI=1S/C22H24Cl2N3O7P/c1-14(28)32-20-5-3-16(12-21(20)33-15(2)29)22(30)26-18-4-6-19-17(11-18)13-25-35(31,34-19)27(9-7-23)10-8-24/h3-6,11-12H,7-10,13H2,1-2H3,(H,25,31)(H,26,30). The predicted octanol–water partition coefficient (Wildman–Crippen LogP) is 4.16. The second kappa shape index (κ2) is 11.9. The van der Waals surface area contributed by atoms with Crippen LogP contribution in [-0.4, -0.2) is 47.4 Å². The van der Waals surface area contributed by atoms with E-state index in [0.29, 0.717) is 30.1 Å². The SMILES string of the molecule is CC(=O)Oc1ccc(C(=O)Nc2ccc3c(c2)CNP(=O)(N(CCCl)CCCl)O3)cc1OC(C)=O. The van der Waals surface area contributed by atoms with Gasteiger partial charge in [0.25, 0.3) is 5.91 Å². The maximum Gasteiger partial charge on any atom is 0.393 e. The average Bonchev–Trinajstić information content (AvgIpc) is 2.79. The van der Waals surface area contributed by atoms with Crippen molar-refractivity contribution in [1.29, 1.82) is 0 Å². The molecule has 0 bridgehead atoms. The third kappa shape index (κ3) is 6.96. The van der Waals surface area contributed by atoms with E-state index in [4.69, 9.17) is 37.2 Å². The van der Waals surface area contributed by atoms with Gasteiger partial charge in [0.15, 0.2) is 11.5 Å². The van der Waals surface area contributed by atoms with E-state index in [1.165, 1.54) is 32.0 Å². The first kappa shape index (κ1) is 27.0. The van der Waals surface area contributed by atoms with Crippen LogP contribution in [0.4, 0.5) is 5.69 Å². The minimum absolute atomic E-state index is 0.0167. The summed E-state index contributed by atoms with van der Waals surface area (Å²) in [6, 6.07) is 9.02. The monoisotopic (exact) mass is 543 g/mol. The van der Waals surface area contributed by atoms with Gasteiger partial charge in [0.05, 0.1) is 0 Å². The maximum absolute atomic E-state index is 13.3.